The lowest BCUT2D eigenvalue weighted by Crippen LogP contribution is -2.26. The van der Waals surface area contributed by atoms with Gasteiger partial charge in [-0.25, -0.2) is 4.39 Å². The normalized spacial score (nSPS) is 10.6. The van der Waals surface area contributed by atoms with Crippen LogP contribution in [0.4, 0.5) is 4.39 Å². The first-order chi connectivity index (χ1) is 7.24. The number of rotatable bonds is 6. The maximum Gasteiger partial charge on any atom is 0.124 e. The van der Waals surface area contributed by atoms with Gasteiger partial charge >= 0.3 is 0 Å². The van der Waals surface area contributed by atoms with Gasteiger partial charge in [-0.15, -0.1) is 0 Å². The molecular formula is C11H16ClFN2. The summed E-state index contributed by atoms with van der Waals surface area (Å²) in [5.41, 5.74) is 0.926. The molecule has 0 fully saturated rings. The van der Waals surface area contributed by atoms with Crippen molar-refractivity contribution in [3.05, 3.63) is 34.6 Å². The van der Waals surface area contributed by atoms with E-state index in [-0.39, 0.29) is 5.82 Å². The van der Waals surface area contributed by atoms with E-state index in [1.54, 1.807) is 6.07 Å². The van der Waals surface area contributed by atoms with E-state index in [0.29, 0.717) is 11.6 Å². The van der Waals surface area contributed by atoms with Crippen molar-refractivity contribution in [3.63, 3.8) is 0 Å². The van der Waals surface area contributed by atoms with Crippen LogP contribution in [0, 0.1) is 5.82 Å². The largest absolute Gasteiger partial charge is 0.316 e. The minimum absolute atomic E-state index is 0.295. The van der Waals surface area contributed by atoms with Gasteiger partial charge in [-0.05, 0) is 24.2 Å². The molecule has 1 aromatic rings. The predicted molar refractivity (Wildman–Crippen MR) is 61.7 cm³/mol. The second-order valence-corrected chi connectivity index (χ2v) is 3.67. The number of hydrogen-bond donors (Lipinski definition) is 2. The molecule has 0 aliphatic heterocycles. The Morgan fingerprint density at radius 2 is 2.00 bits per heavy atom. The summed E-state index contributed by atoms with van der Waals surface area (Å²) < 4.78 is 12.7. The zero-order valence-corrected chi connectivity index (χ0v) is 9.57. The Hall–Kier alpha value is -0.640. The number of benzene rings is 1. The fourth-order valence-electron chi connectivity index (χ4n) is 1.24. The predicted octanol–water partition coefficient (Wildman–Crippen LogP) is 2.18. The van der Waals surface area contributed by atoms with Crippen LogP contribution in [-0.4, -0.2) is 19.6 Å². The number of halogens is 2. The Kier molecular flexibility index (Phi) is 5.61. The van der Waals surface area contributed by atoms with Crippen molar-refractivity contribution in [3.8, 4) is 0 Å². The van der Waals surface area contributed by atoms with E-state index in [1.807, 2.05) is 0 Å². The summed E-state index contributed by atoms with van der Waals surface area (Å²) in [4.78, 5) is 0. The molecule has 4 heteroatoms. The van der Waals surface area contributed by atoms with Crippen LogP contribution in [0.25, 0.3) is 0 Å². The summed E-state index contributed by atoms with van der Waals surface area (Å²) in [6.45, 7) is 5.51. The molecule has 0 bridgehead atoms. The first-order valence-electron chi connectivity index (χ1n) is 5.09. The zero-order chi connectivity index (χ0) is 11.1. The highest BCUT2D eigenvalue weighted by molar-refractivity contribution is 6.31. The van der Waals surface area contributed by atoms with E-state index in [4.69, 9.17) is 11.6 Å². The van der Waals surface area contributed by atoms with Gasteiger partial charge < -0.3 is 10.6 Å². The molecule has 0 amide bonds. The molecule has 0 spiro atoms. The fraction of sp³-hybridized carbons (Fsp3) is 0.455. The summed E-state index contributed by atoms with van der Waals surface area (Å²) in [6, 6.07) is 4.47. The minimum atomic E-state index is -0.295. The lowest BCUT2D eigenvalue weighted by atomic mass is 10.2. The molecule has 0 radical (unpaired) electrons. The van der Waals surface area contributed by atoms with Crippen LogP contribution in [0.3, 0.4) is 0 Å². The molecule has 0 saturated carbocycles. The maximum absolute atomic E-state index is 12.7. The minimum Gasteiger partial charge on any atom is -0.316 e. The van der Waals surface area contributed by atoms with E-state index in [0.717, 1.165) is 25.2 Å². The lowest BCUT2D eigenvalue weighted by molar-refractivity contribution is 0.616. The third-order valence-electron chi connectivity index (χ3n) is 2.06. The van der Waals surface area contributed by atoms with Crippen LogP contribution >= 0.6 is 11.6 Å². The summed E-state index contributed by atoms with van der Waals surface area (Å²) >= 11 is 5.87. The van der Waals surface area contributed by atoms with E-state index in [1.165, 1.54) is 12.1 Å². The van der Waals surface area contributed by atoms with E-state index < -0.39 is 0 Å². The van der Waals surface area contributed by atoms with Crippen LogP contribution < -0.4 is 10.6 Å². The van der Waals surface area contributed by atoms with Crippen LogP contribution in [-0.2, 0) is 6.54 Å². The van der Waals surface area contributed by atoms with Crippen LogP contribution in [0.15, 0.2) is 18.2 Å². The molecule has 2 nitrogen and oxygen atoms in total. The molecule has 1 rings (SSSR count). The molecular weight excluding hydrogens is 215 g/mol. The smallest absolute Gasteiger partial charge is 0.124 e. The third kappa shape index (κ3) is 4.60. The van der Waals surface area contributed by atoms with Gasteiger partial charge in [0.2, 0.25) is 0 Å². The quantitative estimate of drug-likeness (QED) is 0.732. The highest BCUT2D eigenvalue weighted by Crippen LogP contribution is 2.16. The second-order valence-electron chi connectivity index (χ2n) is 3.27. The summed E-state index contributed by atoms with van der Waals surface area (Å²) in [5.74, 6) is -0.295. The van der Waals surface area contributed by atoms with Gasteiger partial charge in [-0.1, -0.05) is 24.6 Å². The molecule has 0 saturated heterocycles. The molecule has 0 aromatic heterocycles. The topological polar surface area (TPSA) is 24.1 Å². The molecule has 15 heavy (non-hydrogen) atoms. The molecule has 0 atom stereocenters. The van der Waals surface area contributed by atoms with Crippen molar-refractivity contribution in [2.45, 2.75) is 13.5 Å². The Morgan fingerprint density at radius 3 is 2.67 bits per heavy atom. The molecule has 0 unspecified atom stereocenters. The standard InChI is InChI=1S/C11H16ClFN2/c1-2-14-5-6-15-8-9-3-4-10(13)7-11(9)12/h3-4,7,14-15H,2,5-6,8H2,1H3. The average molecular weight is 231 g/mol. The molecule has 1 aromatic carbocycles. The van der Waals surface area contributed by atoms with Crippen molar-refractivity contribution in [2.24, 2.45) is 0 Å². The number of likely N-dealkylation sites (N-methyl/N-ethyl adjacent to an activating group) is 1. The van der Waals surface area contributed by atoms with Crippen molar-refractivity contribution in [1.29, 1.82) is 0 Å². The monoisotopic (exact) mass is 230 g/mol. The molecule has 2 N–H and O–H groups in total. The number of nitrogens with one attached hydrogen (secondary N) is 2. The van der Waals surface area contributed by atoms with Crippen LogP contribution in [0.1, 0.15) is 12.5 Å². The second kappa shape index (κ2) is 6.77. The van der Waals surface area contributed by atoms with Gasteiger partial charge in [-0.3, -0.25) is 0 Å². The Bertz CT molecular complexity index is 305. The average Bonchev–Trinajstić information content (AvgIpc) is 2.20. The van der Waals surface area contributed by atoms with Crippen molar-refractivity contribution >= 4 is 11.6 Å². The first kappa shape index (κ1) is 12.4. The molecule has 84 valence electrons. The first-order valence-corrected chi connectivity index (χ1v) is 5.47. The van der Waals surface area contributed by atoms with Crippen LogP contribution in [0.5, 0.6) is 0 Å². The Balaban J connectivity index is 2.31. The van der Waals surface area contributed by atoms with Gasteiger partial charge in [0, 0.05) is 24.7 Å². The maximum atomic E-state index is 12.7. The van der Waals surface area contributed by atoms with E-state index >= 15 is 0 Å². The zero-order valence-electron chi connectivity index (χ0n) is 8.82. The Morgan fingerprint density at radius 1 is 1.27 bits per heavy atom. The van der Waals surface area contributed by atoms with Crippen molar-refractivity contribution in [2.75, 3.05) is 19.6 Å². The highest BCUT2D eigenvalue weighted by atomic mass is 35.5. The van der Waals surface area contributed by atoms with Crippen LogP contribution in [0.2, 0.25) is 5.02 Å². The third-order valence-corrected chi connectivity index (χ3v) is 2.41. The molecule has 0 aliphatic rings. The molecule has 0 heterocycles. The lowest BCUT2D eigenvalue weighted by Gasteiger charge is -2.06. The SMILES string of the molecule is CCNCCNCc1ccc(F)cc1Cl. The molecule has 0 aliphatic carbocycles. The van der Waals surface area contributed by atoms with E-state index in [9.17, 15) is 4.39 Å². The van der Waals surface area contributed by atoms with Gasteiger partial charge in [0.05, 0.1) is 0 Å². The number of hydrogen-bond acceptors (Lipinski definition) is 2. The van der Waals surface area contributed by atoms with Gasteiger partial charge in [0.1, 0.15) is 5.82 Å². The van der Waals surface area contributed by atoms with Gasteiger partial charge in [-0.2, -0.15) is 0 Å². The van der Waals surface area contributed by atoms with Gasteiger partial charge in [0.15, 0.2) is 0 Å². The van der Waals surface area contributed by atoms with Gasteiger partial charge in [0.25, 0.3) is 0 Å². The summed E-state index contributed by atoms with van der Waals surface area (Å²) in [7, 11) is 0. The van der Waals surface area contributed by atoms with Crippen molar-refractivity contribution in [1.82, 2.24) is 10.6 Å². The highest BCUT2D eigenvalue weighted by Gasteiger charge is 2.00. The van der Waals surface area contributed by atoms with E-state index in [2.05, 4.69) is 17.6 Å². The summed E-state index contributed by atoms with van der Waals surface area (Å²) in [5, 5.41) is 6.91. The summed E-state index contributed by atoms with van der Waals surface area (Å²) in [6.07, 6.45) is 0. The Labute approximate surface area is 94.8 Å². The fourth-order valence-corrected chi connectivity index (χ4v) is 1.48. The van der Waals surface area contributed by atoms with Crippen molar-refractivity contribution < 1.29 is 4.39 Å².